The van der Waals surface area contributed by atoms with E-state index in [0.29, 0.717) is 22.5 Å². The Morgan fingerprint density at radius 3 is 2.95 bits per heavy atom. The molecule has 0 spiro atoms. The Kier molecular flexibility index (Phi) is 5.55. The lowest BCUT2D eigenvalue weighted by Gasteiger charge is -2.04. The van der Waals surface area contributed by atoms with Gasteiger partial charge in [0.25, 0.3) is 0 Å². The zero-order valence-electron chi connectivity index (χ0n) is 11.2. The Morgan fingerprint density at radius 1 is 1.35 bits per heavy atom. The molecule has 108 valence electrons. The van der Waals surface area contributed by atoms with Crippen LogP contribution in [0.25, 0.3) is 0 Å². The predicted octanol–water partition coefficient (Wildman–Crippen LogP) is 3.65. The zero-order valence-corrected chi connectivity index (χ0v) is 12.7. The van der Waals surface area contributed by atoms with Crippen molar-refractivity contribution in [3.63, 3.8) is 0 Å². The van der Waals surface area contributed by atoms with Crippen LogP contribution in [-0.2, 0) is 13.2 Å². The fourth-order valence-electron chi connectivity index (χ4n) is 1.67. The van der Waals surface area contributed by atoms with E-state index in [2.05, 4.69) is 33.3 Å². The standard InChI is InChI=1S/C14H16BrFN2O2/c1-2-3-17-8-12-7-14(20-18-12)9-19-13-5-10(15)4-11(16)6-13/h4-7,17H,2-3,8-9H2,1H3. The number of hydrogen-bond donors (Lipinski definition) is 1. The average Bonchev–Trinajstić information content (AvgIpc) is 2.84. The van der Waals surface area contributed by atoms with E-state index < -0.39 is 0 Å². The van der Waals surface area contributed by atoms with Crippen molar-refractivity contribution >= 4 is 15.9 Å². The van der Waals surface area contributed by atoms with Crippen molar-refractivity contribution in [1.29, 1.82) is 0 Å². The minimum absolute atomic E-state index is 0.219. The summed E-state index contributed by atoms with van der Waals surface area (Å²) in [6, 6.07) is 6.23. The third-order valence-electron chi connectivity index (χ3n) is 2.56. The molecule has 0 fully saturated rings. The zero-order chi connectivity index (χ0) is 14.4. The van der Waals surface area contributed by atoms with Gasteiger partial charge in [-0.15, -0.1) is 0 Å². The van der Waals surface area contributed by atoms with Crippen molar-refractivity contribution in [2.75, 3.05) is 6.54 Å². The van der Waals surface area contributed by atoms with Gasteiger partial charge in [-0.05, 0) is 25.1 Å². The Bertz CT molecular complexity index is 540. The first kappa shape index (κ1) is 15.0. The number of ether oxygens (including phenoxy) is 1. The molecule has 0 radical (unpaired) electrons. The summed E-state index contributed by atoms with van der Waals surface area (Å²) in [4.78, 5) is 0. The first-order chi connectivity index (χ1) is 9.67. The Hall–Kier alpha value is -1.40. The summed E-state index contributed by atoms with van der Waals surface area (Å²) >= 11 is 3.21. The molecule has 0 aliphatic heterocycles. The maximum atomic E-state index is 13.2. The smallest absolute Gasteiger partial charge is 0.174 e. The molecule has 0 aliphatic carbocycles. The van der Waals surface area contributed by atoms with Crippen LogP contribution in [0.4, 0.5) is 4.39 Å². The summed E-state index contributed by atoms with van der Waals surface area (Å²) < 4.78 is 24.4. The van der Waals surface area contributed by atoms with Crippen LogP contribution in [0.1, 0.15) is 24.8 Å². The van der Waals surface area contributed by atoms with Crippen molar-refractivity contribution in [3.8, 4) is 5.75 Å². The van der Waals surface area contributed by atoms with E-state index in [0.717, 1.165) is 18.7 Å². The van der Waals surface area contributed by atoms with Crippen LogP contribution >= 0.6 is 15.9 Å². The lowest BCUT2D eigenvalue weighted by atomic mass is 10.3. The van der Waals surface area contributed by atoms with Gasteiger partial charge in [0.1, 0.15) is 18.2 Å². The van der Waals surface area contributed by atoms with Crippen molar-refractivity contribution < 1.29 is 13.7 Å². The summed E-state index contributed by atoms with van der Waals surface area (Å²) in [5.41, 5.74) is 0.831. The van der Waals surface area contributed by atoms with Gasteiger partial charge in [-0.2, -0.15) is 0 Å². The first-order valence-electron chi connectivity index (χ1n) is 6.41. The third-order valence-corrected chi connectivity index (χ3v) is 3.02. The molecule has 20 heavy (non-hydrogen) atoms. The number of nitrogens with zero attached hydrogens (tertiary/aromatic N) is 1. The molecule has 0 unspecified atom stereocenters. The van der Waals surface area contributed by atoms with Gasteiger partial charge in [-0.1, -0.05) is 28.0 Å². The molecule has 1 aromatic heterocycles. The van der Waals surface area contributed by atoms with Crippen LogP contribution in [-0.4, -0.2) is 11.7 Å². The number of aromatic nitrogens is 1. The van der Waals surface area contributed by atoms with Crippen LogP contribution < -0.4 is 10.1 Å². The van der Waals surface area contributed by atoms with Crippen LogP contribution in [0.2, 0.25) is 0 Å². The molecule has 0 amide bonds. The van der Waals surface area contributed by atoms with Crippen LogP contribution in [0.15, 0.2) is 33.3 Å². The fraction of sp³-hybridized carbons (Fsp3) is 0.357. The van der Waals surface area contributed by atoms with Crippen LogP contribution in [0, 0.1) is 5.82 Å². The van der Waals surface area contributed by atoms with Crippen molar-refractivity contribution in [3.05, 3.63) is 46.0 Å². The number of nitrogens with one attached hydrogen (secondary N) is 1. The molecule has 0 aliphatic rings. The molecule has 1 N–H and O–H groups in total. The third kappa shape index (κ3) is 4.61. The molecule has 0 bridgehead atoms. The molecule has 6 heteroatoms. The molecule has 1 heterocycles. The molecule has 2 aromatic rings. The van der Waals surface area contributed by atoms with E-state index in [1.807, 2.05) is 6.07 Å². The van der Waals surface area contributed by atoms with Crippen LogP contribution in [0.5, 0.6) is 5.75 Å². The Labute approximate surface area is 125 Å². The maximum absolute atomic E-state index is 13.2. The minimum atomic E-state index is -0.351. The second-order valence-corrected chi connectivity index (χ2v) is 5.27. The van der Waals surface area contributed by atoms with Gasteiger partial charge in [-0.25, -0.2) is 4.39 Å². The molecule has 0 atom stereocenters. The molecular weight excluding hydrogens is 327 g/mol. The van der Waals surface area contributed by atoms with E-state index in [9.17, 15) is 4.39 Å². The normalized spacial score (nSPS) is 10.8. The minimum Gasteiger partial charge on any atom is -0.485 e. The topological polar surface area (TPSA) is 47.3 Å². The largest absolute Gasteiger partial charge is 0.485 e. The van der Waals surface area contributed by atoms with Crippen molar-refractivity contribution in [2.24, 2.45) is 0 Å². The number of benzene rings is 1. The predicted molar refractivity (Wildman–Crippen MR) is 76.9 cm³/mol. The second-order valence-electron chi connectivity index (χ2n) is 4.36. The summed E-state index contributed by atoms with van der Waals surface area (Å²) in [6.07, 6.45) is 1.07. The summed E-state index contributed by atoms with van der Waals surface area (Å²) in [5.74, 6) is 0.703. The molecule has 0 saturated carbocycles. The summed E-state index contributed by atoms with van der Waals surface area (Å²) in [6.45, 7) is 3.93. The van der Waals surface area contributed by atoms with E-state index in [1.165, 1.54) is 12.1 Å². The van der Waals surface area contributed by atoms with Gasteiger partial charge in [0.15, 0.2) is 5.76 Å². The summed E-state index contributed by atoms with van der Waals surface area (Å²) in [7, 11) is 0. The van der Waals surface area contributed by atoms with Crippen molar-refractivity contribution in [1.82, 2.24) is 10.5 Å². The van der Waals surface area contributed by atoms with E-state index in [-0.39, 0.29) is 12.4 Å². The van der Waals surface area contributed by atoms with Gasteiger partial charge >= 0.3 is 0 Å². The number of halogens is 2. The Morgan fingerprint density at radius 2 is 2.20 bits per heavy atom. The van der Waals surface area contributed by atoms with E-state index in [1.54, 1.807) is 6.07 Å². The average molecular weight is 343 g/mol. The fourth-order valence-corrected chi connectivity index (χ4v) is 2.11. The SMILES string of the molecule is CCCNCc1cc(COc2cc(F)cc(Br)c2)on1. The van der Waals surface area contributed by atoms with Gasteiger partial charge in [0.2, 0.25) is 0 Å². The highest BCUT2D eigenvalue weighted by Crippen LogP contribution is 2.21. The lowest BCUT2D eigenvalue weighted by Crippen LogP contribution is -2.13. The number of hydrogen-bond acceptors (Lipinski definition) is 4. The van der Waals surface area contributed by atoms with E-state index >= 15 is 0 Å². The summed E-state index contributed by atoms with van der Waals surface area (Å²) in [5, 5.41) is 7.17. The second kappa shape index (κ2) is 7.40. The van der Waals surface area contributed by atoms with Gasteiger partial charge in [0, 0.05) is 23.2 Å². The highest BCUT2D eigenvalue weighted by atomic mass is 79.9. The molecule has 4 nitrogen and oxygen atoms in total. The number of rotatable bonds is 7. The van der Waals surface area contributed by atoms with Gasteiger partial charge in [0.05, 0.1) is 5.69 Å². The maximum Gasteiger partial charge on any atom is 0.174 e. The quantitative estimate of drug-likeness (QED) is 0.780. The van der Waals surface area contributed by atoms with E-state index in [4.69, 9.17) is 9.26 Å². The lowest BCUT2D eigenvalue weighted by molar-refractivity contribution is 0.247. The first-order valence-corrected chi connectivity index (χ1v) is 7.20. The highest BCUT2D eigenvalue weighted by molar-refractivity contribution is 9.10. The molecule has 2 rings (SSSR count). The van der Waals surface area contributed by atoms with Gasteiger partial charge in [-0.3, -0.25) is 0 Å². The Balaban J connectivity index is 1.87. The monoisotopic (exact) mass is 342 g/mol. The molecule has 0 saturated heterocycles. The molecule has 1 aromatic carbocycles. The highest BCUT2D eigenvalue weighted by Gasteiger charge is 2.06. The van der Waals surface area contributed by atoms with Gasteiger partial charge < -0.3 is 14.6 Å². The molecular formula is C14H16BrFN2O2. The van der Waals surface area contributed by atoms with Crippen LogP contribution in [0.3, 0.4) is 0 Å². The van der Waals surface area contributed by atoms with Crippen molar-refractivity contribution in [2.45, 2.75) is 26.5 Å².